The Morgan fingerprint density at radius 2 is 1.59 bits per heavy atom. The zero-order chi connectivity index (χ0) is 29.4. The molecule has 0 fully saturated rings. The molecule has 208 valence electrons. The Labute approximate surface area is 238 Å². The number of hydrogen-bond donors (Lipinski definition) is 1. The van der Waals surface area contributed by atoms with Crippen molar-refractivity contribution in [2.75, 3.05) is 0 Å². The van der Waals surface area contributed by atoms with Crippen molar-refractivity contribution in [2.45, 2.75) is 44.9 Å². The predicted octanol–water partition coefficient (Wildman–Crippen LogP) is 7.42. The van der Waals surface area contributed by atoms with Gasteiger partial charge in [0.1, 0.15) is 34.0 Å². The Morgan fingerprint density at radius 1 is 0.902 bits per heavy atom. The summed E-state index contributed by atoms with van der Waals surface area (Å²) in [5, 5.41) is 20.7. The second kappa shape index (κ2) is 10.7. The van der Waals surface area contributed by atoms with E-state index in [1.165, 1.54) is 16.9 Å². The number of aromatic hydroxyl groups is 1. The van der Waals surface area contributed by atoms with Gasteiger partial charge in [0.15, 0.2) is 0 Å². The molecule has 0 saturated carbocycles. The Kier molecular flexibility index (Phi) is 7.22. The SMILES string of the molecule is C=C(C)C(=O)Oc1cccc(C(C)(CC(C)(C)c2ccccc2)c2cccc(-n3nc4ccc(F)cc4n3)c2O)c1. The van der Waals surface area contributed by atoms with Crippen molar-refractivity contribution < 1.29 is 19.0 Å². The molecule has 0 bridgehead atoms. The largest absolute Gasteiger partial charge is 0.505 e. The highest BCUT2D eigenvalue weighted by atomic mass is 19.1. The number of benzene rings is 4. The van der Waals surface area contributed by atoms with Crippen LogP contribution in [-0.2, 0) is 15.6 Å². The van der Waals surface area contributed by atoms with E-state index in [9.17, 15) is 14.3 Å². The van der Waals surface area contributed by atoms with Crippen LogP contribution in [0, 0.1) is 5.82 Å². The van der Waals surface area contributed by atoms with Crippen LogP contribution in [0.1, 0.15) is 50.8 Å². The average molecular weight is 550 g/mol. The van der Waals surface area contributed by atoms with E-state index >= 15 is 0 Å². The Hall–Kier alpha value is -4.78. The van der Waals surface area contributed by atoms with Gasteiger partial charge in [-0.1, -0.05) is 81.9 Å². The highest BCUT2D eigenvalue weighted by Gasteiger charge is 2.39. The molecule has 5 aromatic rings. The standard InChI is InChI=1S/C34H32FN3O3/c1-22(2)32(40)41-26-14-9-13-24(19-26)34(5,21-33(3,4)23-11-7-6-8-12-23)27-15-10-16-30(31(27)39)38-36-28-18-17-25(35)20-29(28)37-38/h6-20,39H,1,21H2,2-5H3. The van der Waals surface area contributed by atoms with Crippen LogP contribution in [0.2, 0.25) is 0 Å². The number of fused-ring (bicyclic) bond motifs is 1. The molecular weight excluding hydrogens is 517 g/mol. The molecule has 0 radical (unpaired) electrons. The number of carbonyl (C=O) groups is 1. The van der Waals surface area contributed by atoms with Crippen LogP contribution in [-0.4, -0.2) is 26.1 Å². The minimum absolute atomic E-state index is 0.00368. The molecule has 4 aromatic carbocycles. The maximum absolute atomic E-state index is 13.8. The van der Waals surface area contributed by atoms with Crippen molar-refractivity contribution in [2.24, 2.45) is 0 Å². The predicted molar refractivity (Wildman–Crippen MR) is 158 cm³/mol. The van der Waals surface area contributed by atoms with Gasteiger partial charge in [-0.05, 0) is 60.2 Å². The van der Waals surface area contributed by atoms with E-state index in [1.54, 1.807) is 25.1 Å². The second-order valence-corrected chi connectivity index (χ2v) is 11.3. The number of phenols is 1. The molecule has 7 heteroatoms. The number of nitrogens with zero attached hydrogens (tertiary/aromatic N) is 3. The summed E-state index contributed by atoms with van der Waals surface area (Å²) in [4.78, 5) is 13.6. The molecule has 0 spiro atoms. The topological polar surface area (TPSA) is 77.2 Å². The van der Waals surface area contributed by atoms with Gasteiger partial charge < -0.3 is 9.84 Å². The third-order valence-corrected chi connectivity index (χ3v) is 7.55. The van der Waals surface area contributed by atoms with E-state index in [1.807, 2.05) is 48.5 Å². The fourth-order valence-electron chi connectivity index (χ4n) is 5.46. The maximum Gasteiger partial charge on any atom is 0.338 e. The van der Waals surface area contributed by atoms with Gasteiger partial charge >= 0.3 is 5.97 Å². The molecule has 1 aromatic heterocycles. The normalized spacial score (nSPS) is 13.1. The first-order valence-corrected chi connectivity index (χ1v) is 13.4. The summed E-state index contributed by atoms with van der Waals surface area (Å²) >= 11 is 0. The number of aromatic nitrogens is 3. The van der Waals surface area contributed by atoms with Gasteiger partial charge in [0.2, 0.25) is 0 Å². The summed E-state index contributed by atoms with van der Waals surface area (Å²) in [6.45, 7) is 11.7. The minimum atomic E-state index is -0.760. The minimum Gasteiger partial charge on any atom is -0.505 e. The number of para-hydroxylation sites is 1. The molecule has 1 heterocycles. The van der Waals surface area contributed by atoms with Crippen LogP contribution in [0.3, 0.4) is 0 Å². The molecule has 0 aliphatic carbocycles. The first-order chi connectivity index (χ1) is 19.5. The van der Waals surface area contributed by atoms with Gasteiger partial charge in [-0.25, -0.2) is 9.18 Å². The molecule has 5 rings (SSSR count). The smallest absolute Gasteiger partial charge is 0.338 e. The Balaban J connectivity index is 1.67. The first kappa shape index (κ1) is 27.8. The van der Waals surface area contributed by atoms with Crippen LogP contribution < -0.4 is 4.74 Å². The first-order valence-electron chi connectivity index (χ1n) is 13.4. The van der Waals surface area contributed by atoms with E-state index in [4.69, 9.17) is 4.74 Å². The van der Waals surface area contributed by atoms with Crippen LogP contribution in [0.15, 0.2) is 103 Å². The quantitative estimate of drug-likeness (QED) is 0.124. The van der Waals surface area contributed by atoms with Gasteiger partial charge in [-0.15, -0.1) is 15.0 Å². The van der Waals surface area contributed by atoms with E-state index < -0.39 is 17.2 Å². The molecule has 41 heavy (non-hydrogen) atoms. The lowest BCUT2D eigenvalue weighted by atomic mass is 9.64. The van der Waals surface area contributed by atoms with Crippen LogP contribution in [0.25, 0.3) is 16.7 Å². The zero-order valence-electron chi connectivity index (χ0n) is 23.6. The molecule has 0 aliphatic rings. The highest BCUT2D eigenvalue weighted by molar-refractivity contribution is 5.88. The second-order valence-electron chi connectivity index (χ2n) is 11.3. The monoisotopic (exact) mass is 549 g/mol. The molecule has 0 amide bonds. The fraction of sp³-hybridized carbons (Fsp3) is 0.206. The highest BCUT2D eigenvalue weighted by Crippen LogP contribution is 2.48. The van der Waals surface area contributed by atoms with Crippen LogP contribution >= 0.6 is 0 Å². The summed E-state index contributed by atoms with van der Waals surface area (Å²) in [5.74, 6) is -0.530. The molecule has 1 unspecified atom stereocenters. The summed E-state index contributed by atoms with van der Waals surface area (Å²) in [6, 6.07) is 27.2. The van der Waals surface area contributed by atoms with Crippen molar-refractivity contribution >= 4 is 17.0 Å². The Bertz CT molecular complexity index is 1760. The van der Waals surface area contributed by atoms with E-state index in [0.29, 0.717) is 40.0 Å². The van der Waals surface area contributed by atoms with E-state index in [-0.39, 0.29) is 11.2 Å². The summed E-state index contributed by atoms with van der Waals surface area (Å²) in [5.41, 5.74) is 3.12. The van der Waals surface area contributed by atoms with Crippen molar-refractivity contribution in [3.05, 3.63) is 126 Å². The van der Waals surface area contributed by atoms with Gasteiger partial charge in [0.05, 0.1) is 0 Å². The molecule has 1 atom stereocenters. The number of halogens is 1. The van der Waals surface area contributed by atoms with Gasteiger partial charge in [0, 0.05) is 22.6 Å². The van der Waals surface area contributed by atoms with Gasteiger partial charge in [0.25, 0.3) is 0 Å². The van der Waals surface area contributed by atoms with Crippen molar-refractivity contribution in [3.63, 3.8) is 0 Å². The number of phenolic OH excluding ortho intramolecular Hbond substituents is 1. The lowest BCUT2D eigenvalue weighted by molar-refractivity contribution is -0.130. The van der Waals surface area contributed by atoms with Crippen molar-refractivity contribution in [3.8, 4) is 17.2 Å². The van der Waals surface area contributed by atoms with Gasteiger partial charge in [-0.2, -0.15) is 0 Å². The molecule has 6 nitrogen and oxygen atoms in total. The average Bonchev–Trinajstić information content (AvgIpc) is 3.36. The zero-order valence-corrected chi connectivity index (χ0v) is 23.6. The molecule has 1 N–H and O–H groups in total. The van der Waals surface area contributed by atoms with Crippen molar-refractivity contribution in [1.29, 1.82) is 0 Å². The number of ether oxygens (including phenoxy) is 1. The fourth-order valence-corrected chi connectivity index (χ4v) is 5.46. The van der Waals surface area contributed by atoms with E-state index in [2.05, 4.69) is 49.7 Å². The van der Waals surface area contributed by atoms with Gasteiger partial charge in [-0.3, -0.25) is 0 Å². The van der Waals surface area contributed by atoms with Crippen molar-refractivity contribution in [1.82, 2.24) is 15.0 Å². The maximum atomic E-state index is 13.8. The molecular formula is C34H32FN3O3. The number of esters is 1. The number of hydrogen-bond acceptors (Lipinski definition) is 5. The molecule has 0 saturated heterocycles. The van der Waals surface area contributed by atoms with Crippen LogP contribution in [0.4, 0.5) is 4.39 Å². The third kappa shape index (κ3) is 5.48. The Morgan fingerprint density at radius 3 is 2.32 bits per heavy atom. The van der Waals surface area contributed by atoms with Crippen LogP contribution in [0.5, 0.6) is 11.5 Å². The lowest BCUT2D eigenvalue weighted by Crippen LogP contribution is -2.33. The third-order valence-electron chi connectivity index (χ3n) is 7.55. The molecule has 0 aliphatic heterocycles. The number of rotatable bonds is 8. The summed E-state index contributed by atoms with van der Waals surface area (Å²) in [6.07, 6.45) is 0.596. The summed E-state index contributed by atoms with van der Waals surface area (Å²) in [7, 11) is 0. The van der Waals surface area contributed by atoms with E-state index in [0.717, 1.165) is 11.1 Å². The number of carbonyl (C=O) groups excluding carboxylic acids is 1. The lowest BCUT2D eigenvalue weighted by Gasteiger charge is -2.39. The summed E-state index contributed by atoms with van der Waals surface area (Å²) < 4.78 is 19.4.